The quantitative estimate of drug-likeness (QED) is 0.760. The molecule has 0 spiro atoms. The van der Waals surface area contributed by atoms with Gasteiger partial charge in [0, 0.05) is 30.1 Å². The lowest BCUT2D eigenvalue weighted by molar-refractivity contribution is 0.0649. The maximum absolute atomic E-state index is 13.5. The molecule has 2 aromatic carbocycles. The third-order valence-electron chi connectivity index (χ3n) is 5.41. The van der Waals surface area contributed by atoms with E-state index in [1.165, 1.54) is 12.1 Å². The standard InChI is InChI=1S/C22H22FNO4/c1-14-2-4-17(23)13-18(14)22(26)24-8-6-15(7-9-24)21(25)16-3-5-19-20(12-16)28-11-10-27-19/h2-5,12-13,15H,6-11H2,1H3. The van der Waals surface area contributed by atoms with Crippen LogP contribution < -0.4 is 9.47 Å². The summed E-state index contributed by atoms with van der Waals surface area (Å²) in [5, 5.41) is 0. The largest absolute Gasteiger partial charge is 0.486 e. The number of rotatable bonds is 3. The Hall–Kier alpha value is -2.89. The summed E-state index contributed by atoms with van der Waals surface area (Å²) in [5.41, 5.74) is 1.74. The van der Waals surface area contributed by atoms with Gasteiger partial charge in [0.15, 0.2) is 17.3 Å². The lowest BCUT2D eigenvalue weighted by Gasteiger charge is -2.32. The lowest BCUT2D eigenvalue weighted by Crippen LogP contribution is -2.40. The van der Waals surface area contributed by atoms with E-state index >= 15 is 0 Å². The van der Waals surface area contributed by atoms with E-state index in [2.05, 4.69) is 0 Å². The number of piperidine rings is 1. The fourth-order valence-corrected chi connectivity index (χ4v) is 3.77. The number of ether oxygens (including phenoxy) is 2. The molecule has 6 heteroatoms. The molecule has 1 fully saturated rings. The number of hydrogen-bond donors (Lipinski definition) is 0. The molecule has 28 heavy (non-hydrogen) atoms. The number of carbonyl (C=O) groups excluding carboxylic acids is 2. The Balaban J connectivity index is 1.42. The van der Waals surface area contributed by atoms with Gasteiger partial charge in [-0.1, -0.05) is 6.07 Å². The van der Waals surface area contributed by atoms with E-state index in [-0.39, 0.29) is 17.6 Å². The number of hydrogen-bond acceptors (Lipinski definition) is 4. The van der Waals surface area contributed by atoms with E-state index in [0.29, 0.717) is 61.8 Å². The number of benzene rings is 2. The van der Waals surface area contributed by atoms with Gasteiger partial charge in [0.05, 0.1) is 0 Å². The minimum Gasteiger partial charge on any atom is -0.486 e. The third kappa shape index (κ3) is 3.59. The van der Waals surface area contributed by atoms with Gasteiger partial charge in [-0.25, -0.2) is 4.39 Å². The highest BCUT2D eigenvalue weighted by Gasteiger charge is 2.29. The monoisotopic (exact) mass is 383 g/mol. The molecule has 4 rings (SSSR count). The maximum atomic E-state index is 13.5. The SMILES string of the molecule is Cc1ccc(F)cc1C(=O)N1CCC(C(=O)c2ccc3c(c2)OCCO3)CC1. The molecule has 2 heterocycles. The number of fused-ring (bicyclic) bond motifs is 1. The Labute approximate surface area is 163 Å². The molecule has 0 atom stereocenters. The van der Waals surface area contributed by atoms with Gasteiger partial charge in [0.2, 0.25) is 0 Å². The van der Waals surface area contributed by atoms with E-state index in [1.54, 1.807) is 36.1 Å². The van der Waals surface area contributed by atoms with E-state index < -0.39 is 5.82 Å². The van der Waals surface area contributed by atoms with Crippen molar-refractivity contribution in [3.8, 4) is 11.5 Å². The number of nitrogens with zero attached hydrogens (tertiary/aromatic N) is 1. The summed E-state index contributed by atoms with van der Waals surface area (Å²) in [6, 6.07) is 9.52. The Morgan fingerprint density at radius 2 is 1.71 bits per heavy atom. The summed E-state index contributed by atoms with van der Waals surface area (Å²) >= 11 is 0. The summed E-state index contributed by atoms with van der Waals surface area (Å²) in [5.74, 6) is 0.589. The predicted molar refractivity (Wildman–Crippen MR) is 102 cm³/mol. The van der Waals surface area contributed by atoms with Crippen LogP contribution in [0.1, 0.15) is 39.1 Å². The first-order valence-corrected chi connectivity index (χ1v) is 9.52. The second kappa shape index (κ2) is 7.62. The molecule has 0 aliphatic carbocycles. The number of amides is 1. The number of carbonyl (C=O) groups is 2. The normalized spacial score (nSPS) is 16.7. The van der Waals surface area contributed by atoms with Crippen LogP contribution in [0.3, 0.4) is 0 Å². The molecule has 146 valence electrons. The van der Waals surface area contributed by atoms with Crippen LogP contribution in [-0.4, -0.2) is 42.9 Å². The highest BCUT2D eigenvalue weighted by atomic mass is 19.1. The molecule has 2 aromatic rings. The minimum absolute atomic E-state index is 0.0611. The Morgan fingerprint density at radius 3 is 2.46 bits per heavy atom. The maximum Gasteiger partial charge on any atom is 0.254 e. The van der Waals surface area contributed by atoms with Crippen molar-refractivity contribution in [2.45, 2.75) is 19.8 Å². The third-order valence-corrected chi connectivity index (χ3v) is 5.41. The zero-order chi connectivity index (χ0) is 19.7. The van der Waals surface area contributed by atoms with Crippen molar-refractivity contribution >= 4 is 11.7 Å². The van der Waals surface area contributed by atoms with Crippen LogP contribution in [-0.2, 0) is 0 Å². The number of likely N-dealkylation sites (tertiary alicyclic amines) is 1. The first-order chi connectivity index (χ1) is 13.5. The Kier molecular flexibility index (Phi) is 5.03. The molecule has 1 amide bonds. The second-order valence-corrected chi connectivity index (χ2v) is 7.25. The summed E-state index contributed by atoms with van der Waals surface area (Å²) in [4.78, 5) is 27.3. The minimum atomic E-state index is -0.419. The summed E-state index contributed by atoms with van der Waals surface area (Å²) in [6.07, 6.45) is 1.18. The van der Waals surface area contributed by atoms with Gasteiger partial charge in [-0.05, 0) is 55.7 Å². The fraction of sp³-hybridized carbons (Fsp3) is 0.364. The van der Waals surface area contributed by atoms with Gasteiger partial charge in [-0.3, -0.25) is 9.59 Å². The van der Waals surface area contributed by atoms with Crippen molar-refractivity contribution in [2.24, 2.45) is 5.92 Å². The molecule has 0 unspecified atom stereocenters. The summed E-state index contributed by atoms with van der Waals surface area (Å²) < 4.78 is 24.6. The van der Waals surface area contributed by atoms with Gasteiger partial charge in [-0.2, -0.15) is 0 Å². The Morgan fingerprint density at radius 1 is 1.00 bits per heavy atom. The van der Waals surface area contributed by atoms with E-state index in [9.17, 15) is 14.0 Å². The van der Waals surface area contributed by atoms with Crippen LogP contribution in [0.15, 0.2) is 36.4 Å². The van der Waals surface area contributed by atoms with Crippen LogP contribution in [0.25, 0.3) is 0 Å². The number of ketones is 1. The van der Waals surface area contributed by atoms with Crippen molar-refractivity contribution < 1.29 is 23.5 Å². The molecule has 5 nitrogen and oxygen atoms in total. The molecular weight excluding hydrogens is 361 g/mol. The number of aryl methyl sites for hydroxylation is 1. The Bertz CT molecular complexity index is 919. The van der Waals surface area contributed by atoms with Gasteiger partial charge < -0.3 is 14.4 Å². The first-order valence-electron chi connectivity index (χ1n) is 9.52. The van der Waals surface area contributed by atoms with Crippen molar-refractivity contribution in [3.05, 3.63) is 58.9 Å². The van der Waals surface area contributed by atoms with E-state index in [1.807, 2.05) is 0 Å². The van der Waals surface area contributed by atoms with Crippen LogP contribution in [0.4, 0.5) is 4.39 Å². The van der Waals surface area contributed by atoms with Crippen LogP contribution in [0.5, 0.6) is 11.5 Å². The topological polar surface area (TPSA) is 55.8 Å². The van der Waals surface area contributed by atoms with Crippen molar-refractivity contribution in [1.29, 1.82) is 0 Å². The smallest absolute Gasteiger partial charge is 0.254 e. The second-order valence-electron chi connectivity index (χ2n) is 7.25. The molecule has 2 aliphatic heterocycles. The van der Waals surface area contributed by atoms with Gasteiger partial charge >= 0.3 is 0 Å². The highest BCUT2D eigenvalue weighted by molar-refractivity contribution is 5.99. The van der Waals surface area contributed by atoms with Gasteiger partial charge in [0.1, 0.15) is 19.0 Å². The van der Waals surface area contributed by atoms with E-state index in [0.717, 1.165) is 5.56 Å². The fourth-order valence-electron chi connectivity index (χ4n) is 3.77. The molecule has 0 bridgehead atoms. The molecule has 0 aromatic heterocycles. The van der Waals surface area contributed by atoms with Crippen LogP contribution >= 0.6 is 0 Å². The molecule has 0 radical (unpaired) electrons. The number of Topliss-reactive ketones (excluding diaryl/α,β-unsaturated/α-hetero) is 1. The number of halogens is 1. The summed E-state index contributed by atoms with van der Waals surface area (Å²) in [7, 11) is 0. The first kappa shape index (κ1) is 18.5. The van der Waals surface area contributed by atoms with Crippen LogP contribution in [0, 0.1) is 18.7 Å². The van der Waals surface area contributed by atoms with E-state index in [4.69, 9.17) is 9.47 Å². The zero-order valence-electron chi connectivity index (χ0n) is 15.7. The highest BCUT2D eigenvalue weighted by Crippen LogP contribution is 2.32. The zero-order valence-corrected chi connectivity index (χ0v) is 15.7. The van der Waals surface area contributed by atoms with Crippen LogP contribution in [0.2, 0.25) is 0 Å². The summed E-state index contributed by atoms with van der Waals surface area (Å²) in [6.45, 7) is 3.75. The molecule has 1 saturated heterocycles. The lowest BCUT2D eigenvalue weighted by atomic mass is 9.88. The average molecular weight is 383 g/mol. The van der Waals surface area contributed by atoms with Gasteiger partial charge in [-0.15, -0.1) is 0 Å². The molecule has 0 saturated carbocycles. The average Bonchev–Trinajstić information content (AvgIpc) is 2.74. The van der Waals surface area contributed by atoms with Gasteiger partial charge in [0.25, 0.3) is 5.91 Å². The molecular formula is C22H22FNO4. The molecule has 2 aliphatic rings. The predicted octanol–water partition coefficient (Wildman–Crippen LogP) is 3.64. The van der Waals surface area contributed by atoms with Crippen molar-refractivity contribution in [2.75, 3.05) is 26.3 Å². The van der Waals surface area contributed by atoms with Crippen molar-refractivity contribution in [1.82, 2.24) is 4.90 Å². The molecule has 0 N–H and O–H groups in total. The van der Waals surface area contributed by atoms with Crippen molar-refractivity contribution in [3.63, 3.8) is 0 Å².